The van der Waals surface area contributed by atoms with E-state index in [9.17, 15) is 27.9 Å². The SMILES string of the molecule is O=C(CN1CCN(C(=O)c2cc3ccccc3cc2O)CC1)Nc1ccc(OC(F)(F)F)cc1. The Kier molecular flexibility index (Phi) is 6.60. The highest BCUT2D eigenvalue weighted by Crippen LogP contribution is 2.27. The normalized spacial score (nSPS) is 14.7. The maximum Gasteiger partial charge on any atom is 0.573 e. The average Bonchev–Trinajstić information content (AvgIpc) is 2.79. The van der Waals surface area contributed by atoms with Gasteiger partial charge < -0.3 is 20.1 Å². The van der Waals surface area contributed by atoms with Crippen molar-refractivity contribution >= 4 is 28.3 Å². The number of nitrogens with one attached hydrogen (secondary N) is 1. The van der Waals surface area contributed by atoms with Crippen LogP contribution in [0.5, 0.6) is 11.5 Å². The molecular formula is C24H22F3N3O4. The van der Waals surface area contributed by atoms with Crippen molar-refractivity contribution in [1.29, 1.82) is 0 Å². The number of benzene rings is 3. The summed E-state index contributed by atoms with van der Waals surface area (Å²) in [5.74, 6) is -1.04. The summed E-state index contributed by atoms with van der Waals surface area (Å²) in [6, 6.07) is 15.6. The summed E-state index contributed by atoms with van der Waals surface area (Å²) in [7, 11) is 0. The Balaban J connectivity index is 1.29. The van der Waals surface area contributed by atoms with Crippen LogP contribution >= 0.6 is 0 Å². The molecule has 2 N–H and O–H groups in total. The molecule has 0 aliphatic carbocycles. The van der Waals surface area contributed by atoms with Crippen LogP contribution in [0.3, 0.4) is 0 Å². The fourth-order valence-corrected chi connectivity index (χ4v) is 3.82. The molecule has 3 aromatic carbocycles. The molecule has 1 heterocycles. The molecule has 178 valence electrons. The van der Waals surface area contributed by atoms with E-state index in [0.717, 1.165) is 22.9 Å². The summed E-state index contributed by atoms with van der Waals surface area (Å²) in [6.07, 6.45) is -4.78. The summed E-state index contributed by atoms with van der Waals surface area (Å²) in [5, 5.41) is 14.7. The van der Waals surface area contributed by atoms with Crippen LogP contribution < -0.4 is 10.1 Å². The third-order valence-corrected chi connectivity index (χ3v) is 5.49. The van der Waals surface area contributed by atoms with Gasteiger partial charge in [-0.05, 0) is 47.2 Å². The largest absolute Gasteiger partial charge is 0.573 e. The van der Waals surface area contributed by atoms with E-state index in [1.807, 2.05) is 29.2 Å². The molecule has 0 aromatic heterocycles. The Morgan fingerprint density at radius 3 is 2.18 bits per heavy atom. The first-order valence-corrected chi connectivity index (χ1v) is 10.6. The molecule has 0 saturated carbocycles. The minimum atomic E-state index is -4.78. The van der Waals surface area contributed by atoms with Crippen LogP contribution in [0, 0.1) is 0 Å². The van der Waals surface area contributed by atoms with Gasteiger partial charge in [0.25, 0.3) is 5.91 Å². The molecule has 0 unspecified atom stereocenters. The van der Waals surface area contributed by atoms with Gasteiger partial charge in [0.2, 0.25) is 5.91 Å². The van der Waals surface area contributed by atoms with Gasteiger partial charge in [-0.2, -0.15) is 0 Å². The van der Waals surface area contributed by atoms with Crippen molar-refractivity contribution in [2.45, 2.75) is 6.36 Å². The third-order valence-electron chi connectivity index (χ3n) is 5.49. The molecule has 1 aliphatic rings. The highest BCUT2D eigenvalue weighted by atomic mass is 19.4. The molecule has 1 fully saturated rings. The van der Waals surface area contributed by atoms with Gasteiger partial charge in [-0.15, -0.1) is 13.2 Å². The third kappa shape index (κ3) is 5.76. The van der Waals surface area contributed by atoms with E-state index in [4.69, 9.17) is 0 Å². The number of fused-ring (bicyclic) bond motifs is 1. The molecule has 1 saturated heterocycles. The Morgan fingerprint density at radius 2 is 1.56 bits per heavy atom. The van der Waals surface area contributed by atoms with Crippen LogP contribution in [0.4, 0.5) is 18.9 Å². The van der Waals surface area contributed by atoms with Crippen LogP contribution in [-0.2, 0) is 4.79 Å². The van der Waals surface area contributed by atoms with Crippen LogP contribution in [0.2, 0.25) is 0 Å². The topological polar surface area (TPSA) is 82.1 Å². The number of aromatic hydroxyl groups is 1. The lowest BCUT2D eigenvalue weighted by atomic mass is 10.0. The fraction of sp³-hybridized carbons (Fsp3) is 0.250. The number of anilines is 1. The predicted octanol–water partition coefficient (Wildman–Crippen LogP) is 3.84. The second-order valence-corrected chi connectivity index (χ2v) is 7.91. The number of nitrogens with zero attached hydrogens (tertiary/aromatic N) is 2. The highest BCUT2D eigenvalue weighted by molar-refractivity contribution is 6.01. The molecular weight excluding hydrogens is 451 g/mol. The number of hydrogen-bond acceptors (Lipinski definition) is 5. The molecule has 7 nitrogen and oxygen atoms in total. The van der Waals surface area contributed by atoms with E-state index >= 15 is 0 Å². The molecule has 10 heteroatoms. The highest BCUT2D eigenvalue weighted by Gasteiger charge is 2.31. The number of amides is 2. The maximum absolute atomic E-state index is 12.9. The number of halogens is 3. The lowest BCUT2D eigenvalue weighted by Gasteiger charge is -2.34. The van der Waals surface area contributed by atoms with Gasteiger partial charge in [0.1, 0.15) is 11.5 Å². The van der Waals surface area contributed by atoms with Gasteiger partial charge in [-0.3, -0.25) is 14.5 Å². The van der Waals surface area contributed by atoms with E-state index in [0.29, 0.717) is 31.9 Å². The van der Waals surface area contributed by atoms with Gasteiger partial charge in [0.15, 0.2) is 0 Å². The zero-order valence-corrected chi connectivity index (χ0v) is 18.0. The Hall–Kier alpha value is -3.79. The number of ether oxygens (including phenoxy) is 1. The summed E-state index contributed by atoms with van der Waals surface area (Å²) in [5.41, 5.74) is 0.586. The first kappa shape index (κ1) is 23.4. The number of phenols is 1. The van der Waals surface area contributed by atoms with Crippen LogP contribution in [-0.4, -0.2) is 65.8 Å². The number of carbonyl (C=O) groups excluding carboxylic acids is 2. The van der Waals surface area contributed by atoms with Crippen molar-refractivity contribution in [3.63, 3.8) is 0 Å². The predicted molar refractivity (Wildman–Crippen MR) is 120 cm³/mol. The van der Waals surface area contributed by atoms with Gasteiger partial charge in [0.05, 0.1) is 12.1 Å². The van der Waals surface area contributed by atoms with Crippen LogP contribution in [0.15, 0.2) is 60.7 Å². The van der Waals surface area contributed by atoms with Crippen molar-refractivity contribution in [2.75, 3.05) is 38.0 Å². The number of phenolic OH excluding ortho intramolecular Hbond substituents is 1. The molecule has 1 aliphatic heterocycles. The van der Waals surface area contributed by atoms with Crippen LogP contribution in [0.25, 0.3) is 10.8 Å². The number of alkyl halides is 3. The minimum Gasteiger partial charge on any atom is -0.507 e. The van der Waals surface area contributed by atoms with Crippen molar-refractivity contribution in [3.8, 4) is 11.5 Å². The van der Waals surface area contributed by atoms with Crippen LogP contribution in [0.1, 0.15) is 10.4 Å². The quantitative estimate of drug-likeness (QED) is 0.589. The second-order valence-electron chi connectivity index (χ2n) is 7.91. The van der Waals surface area contributed by atoms with E-state index in [2.05, 4.69) is 10.1 Å². The molecule has 3 aromatic rings. The number of carbonyl (C=O) groups is 2. The number of rotatable bonds is 5. The molecule has 4 rings (SSSR count). The van der Waals surface area contributed by atoms with Crippen molar-refractivity contribution < 1.29 is 32.6 Å². The molecule has 2 amide bonds. The van der Waals surface area contributed by atoms with E-state index < -0.39 is 6.36 Å². The fourth-order valence-electron chi connectivity index (χ4n) is 3.82. The van der Waals surface area contributed by atoms with E-state index in [1.54, 1.807) is 17.0 Å². The molecule has 0 atom stereocenters. The molecule has 0 bridgehead atoms. The average molecular weight is 473 g/mol. The lowest BCUT2D eigenvalue weighted by Crippen LogP contribution is -2.50. The molecule has 0 spiro atoms. The van der Waals surface area contributed by atoms with Crippen molar-refractivity contribution in [3.05, 3.63) is 66.2 Å². The summed E-state index contributed by atoms with van der Waals surface area (Å²) >= 11 is 0. The molecule has 34 heavy (non-hydrogen) atoms. The summed E-state index contributed by atoms with van der Waals surface area (Å²) < 4.78 is 40.5. The summed E-state index contributed by atoms with van der Waals surface area (Å²) in [6.45, 7) is 1.78. The van der Waals surface area contributed by atoms with E-state index in [-0.39, 0.29) is 35.4 Å². The minimum absolute atomic E-state index is 0.0721. The Morgan fingerprint density at radius 1 is 0.941 bits per heavy atom. The number of hydrogen-bond donors (Lipinski definition) is 2. The maximum atomic E-state index is 12.9. The molecule has 0 radical (unpaired) electrons. The summed E-state index contributed by atoms with van der Waals surface area (Å²) in [4.78, 5) is 28.8. The lowest BCUT2D eigenvalue weighted by molar-refractivity contribution is -0.274. The van der Waals surface area contributed by atoms with Crippen molar-refractivity contribution in [1.82, 2.24) is 9.80 Å². The second kappa shape index (κ2) is 9.60. The smallest absolute Gasteiger partial charge is 0.507 e. The van der Waals surface area contributed by atoms with E-state index in [1.165, 1.54) is 12.1 Å². The first-order chi connectivity index (χ1) is 16.2. The van der Waals surface area contributed by atoms with Gasteiger partial charge in [0, 0.05) is 31.9 Å². The standard InChI is InChI=1S/C24H22F3N3O4/c25-24(26,27)34-19-7-5-18(6-8-19)28-22(32)15-29-9-11-30(12-10-29)23(33)20-13-16-3-1-2-4-17(16)14-21(20)31/h1-8,13-14,31H,9-12,15H2,(H,28,32). The first-order valence-electron chi connectivity index (χ1n) is 10.6. The van der Waals surface area contributed by atoms with Gasteiger partial charge in [-0.1, -0.05) is 24.3 Å². The zero-order chi connectivity index (χ0) is 24.3. The monoisotopic (exact) mass is 473 g/mol. The Bertz CT molecular complexity index is 1190. The van der Waals surface area contributed by atoms with Gasteiger partial charge >= 0.3 is 6.36 Å². The Labute approximate surface area is 193 Å². The number of piperazine rings is 1. The van der Waals surface area contributed by atoms with Gasteiger partial charge in [-0.25, -0.2) is 0 Å². The zero-order valence-electron chi connectivity index (χ0n) is 18.0. The van der Waals surface area contributed by atoms with Crippen molar-refractivity contribution in [2.24, 2.45) is 0 Å².